The van der Waals surface area contributed by atoms with Gasteiger partial charge in [-0.1, -0.05) is 12.1 Å². The maximum absolute atomic E-state index is 11.9. The van der Waals surface area contributed by atoms with Crippen molar-refractivity contribution in [2.75, 3.05) is 7.11 Å². The van der Waals surface area contributed by atoms with Crippen LogP contribution in [0, 0.1) is 0 Å². The molecule has 4 heteroatoms. The summed E-state index contributed by atoms with van der Waals surface area (Å²) in [6, 6.07) is 7.85. The van der Waals surface area contributed by atoms with Crippen LogP contribution in [0.1, 0.15) is 30.7 Å². The van der Waals surface area contributed by atoms with E-state index in [-0.39, 0.29) is 23.8 Å². The number of fused-ring (bicyclic) bond motifs is 1. The molecule has 0 saturated carbocycles. The summed E-state index contributed by atoms with van der Waals surface area (Å²) in [5.74, 6) is 0.918. The van der Waals surface area contributed by atoms with Gasteiger partial charge in [-0.3, -0.25) is 14.5 Å². The topological polar surface area (TPSA) is 46.6 Å². The minimum atomic E-state index is -0.0247. The normalized spacial score (nSPS) is 26.6. The van der Waals surface area contributed by atoms with Gasteiger partial charge < -0.3 is 4.74 Å². The molecule has 0 unspecified atom stereocenters. The lowest BCUT2D eigenvalue weighted by atomic mass is 9.90. The predicted octanol–water partition coefficient (Wildman–Crippen LogP) is 1.70. The highest BCUT2D eigenvalue weighted by atomic mass is 16.5. The average molecular weight is 245 g/mol. The van der Waals surface area contributed by atoms with Crippen molar-refractivity contribution in [3.05, 3.63) is 29.8 Å². The highest BCUT2D eigenvalue weighted by Crippen LogP contribution is 2.40. The maximum Gasteiger partial charge on any atom is 0.230 e. The van der Waals surface area contributed by atoms with Gasteiger partial charge in [0.15, 0.2) is 0 Å². The molecule has 1 aromatic rings. The molecule has 2 aliphatic heterocycles. The first-order valence-corrected chi connectivity index (χ1v) is 6.19. The number of rotatable bonds is 2. The number of carbonyl (C=O) groups is 2. The lowest BCUT2D eigenvalue weighted by Gasteiger charge is -2.19. The molecular formula is C14H15NO3. The number of ether oxygens (including phenoxy) is 1. The lowest BCUT2D eigenvalue weighted by Crippen LogP contribution is -2.32. The molecule has 0 radical (unpaired) electrons. The number of benzene rings is 1. The maximum atomic E-state index is 11.9. The summed E-state index contributed by atoms with van der Waals surface area (Å²) >= 11 is 0. The summed E-state index contributed by atoms with van der Waals surface area (Å²) in [7, 11) is 1.63. The number of hydrogen-bond donors (Lipinski definition) is 0. The van der Waals surface area contributed by atoms with Gasteiger partial charge in [0.05, 0.1) is 7.11 Å². The molecule has 0 aromatic heterocycles. The summed E-state index contributed by atoms with van der Waals surface area (Å²) in [5.41, 5.74) is 1.12. The van der Waals surface area contributed by atoms with Gasteiger partial charge >= 0.3 is 0 Å². The van der Waals surface area contributed by atoms with Gasteiger partial charge in [-0.2, -0.15) is 0 Å². The van der Waals surface area contributed by atoms with Crippen LogP contribution in [-0.2, 0) is 9.59 Å². The standard InChI is InChI=1S/C14H15NO3/c1-18-10-4-2-9(3-5-10)11-8-14(17)15-12(11)6-7-13(15)16/h2-5,11-12H,6-8H2,1H3/t11-,12+/m0/s1. The zero-order valence-corrected chi connectivity index (χ0v) is 10.3. The summed E-state index contributed by atoms with van der Waals surface area (Å²) in [4.78, 5) is 24.9. The van der Waals surface area contributed by atoms with E-state index in [4.69, 9.17) is 4.74 Å². The third kappa shape index (κ3) is 1.60. The third-order valence-corrected chi connectivity index (χ3v) is 3.93. The molecule has 4 nitrogen and oxygen atoms in total. The van der Waals surface area contributed by atoms with E-state index >= 15 is 0 Å². The molecule has 2 fully saturated rings. The van der Waals surface area contributed by atoms with Crippen molar-refractivity contribution in [2.45, 2.75) is 31.2 Å². The van der Waals surface area contributed by atoms with Gasteiger partial charge in [-0.25, -0.2) is 0 Å². The van der Waals surface area contributed by atoms with Gasteiger partial charge in [0.25, 0.3) is 0 Å². The number of methoxy groups -OCH3 is 1. The van der Waals surface area contributed by atoms with E-state index in [9.17, 15) is 9.59 Å². The SMILES string of the molecule is COc1ccc([C@@H]2CC(=O)N3C(=O)CC[C@H]23)cc1. The van der Waals surface area contributed by atoms with E-state index in [0.29, 0.717) is 12.8 Å². The minimum absolute atomic E-state index is 0.0130. The monoisotopic (exact) mass is 245 g/mol. The van der Waals surface area contributed by atoms with Gasteiger partial charge in [-0.05, 0) is 24.1 Å². The number of carbonyl (C=O) groups excluding carboxylic acids is 2. The summed E-state index contributed by atoms with van der Waals surface area (Å²) in [6.45, 7) is 0. The van der Waals surface area contributed by atoms with E-state index in [1.54, 1.807) is 7.11 Å². The Morgan fingerprint density at radius 2 is 1.89 bits per heavy atom. The van der Waals surface area contributed by atoms with Crippen molar-refractivity contribution in [1.82, 2.24) is 4.90 Å². The first-order chi connectivity index (χ1) is 8.70. The molecule has 0 aliphatic carbocycles. The first kappa shape index (κ1) is 11.3. The predicted molar refractivity (Wildman–Crippen MR) is 65.2 cm³/mol. The zero-order valence-electron chi connectivity index (χ0n) is 10.3. The molecule has 94 valence electrons. The largest absolute Gasteiger partial charge is 0.497 e. The molecule has 2 heterocycles. The fourth-order valence-corrected chi connectivity index (χ4v) is 3.02. The molecular weight excluding hydrogens is 230 g/mol. The molecule has 0 N–H and O–H groups in total. The van der Waals surface area contributed by atoms with Gasteiger partial charge in [0.1, 0.15) is 5.75 Å². The van der Waals surface area contributed by atoms with Crippen LogP contribution < -0.4 is 4.74 Å². The molecule has 0 bridgehead atoms. The molecule has 3 rings (SSSR count). The second kappa shape index (κ2) is 4.12. The Morgan fingerprint density at radius 3 is 2.56 bits per heavy atom. The second-order valence-electron chi connectivity index (χ2n) is 4.85. The highest BCUT2D eigenvalue weighted by Gasteiger charge is 2.47. The molecule has 2 amide bonds. The van der Waals surface area contributed by atoms with Crippen molar-refractivity contribution in [2.24, 2.45) is 0 Å². The van der Waals surface area contributed by atoms with Gasteiger partial charge in [0, 0.05) is 24.8 Å². The third-order valence-electron chi connectivity index (χ3n) is 3.93. The van der Waals surface area contributed by atoms with E-state index in [1.165, 1.54) is 4.90 Å². The van der Waals surface area contributed by atoms with Crippen LogP contribution >= 0.6 is 0 Å². The Morgan fingerprint density at radius 1 is 1.17 bits per heavy atom. The van der Waals surface area contributed by atoms with Crippen molar-refractivity contribution >= 4 is 11.8 Å². The minimum Gasteiger partial charge on any atom is -0.497 e. The van der Waals surface area contributed by atoms with Crippen molar-refractivity contribution < 1.29 is 14.3 Å². The summed E-state index contributed by atoms with van der Waals surface area (Å²) in [6.07, 6.45) is 1.74. The van der Waals surface area contributed by atoms with Gasteiger partial charge in [0.2, 0.25) is 11.8 Å². The van der Waals surface area contributed by atoms with Crippen LogP contribution in [0.5, 0.6) is 5.75 Å². The van der Waals surface area contributed by atoms with Gasteiger partial charge in [-0.15, -0.1) is 0 Å². The van der Waals surface area contributed by atoms with Crippen LogP contribution in [-0.4, -0.2) is 29.9 Å². The quantitative estimate of drug-likeness (QED) is 0.745. The van der Waals surface area contributed by atoms with E-state index in [2.05, 4.69) is 0 Å². The van der Waals surface area contributed by atoms with Crippen molar-refractivity contribution in [1.29, 1.82) is 0 Å². The summed E-state index contributed by atoms with van der Waals surface area (Å²) < 4.78 is 5.13. The number of amides is 2. The van der Waals surface area contributed by atoms with Crippen molar-refractivity contribution in [3.8, 4) is 5.75 Å². The number of nitrogens with zero attached hydrogens (tertiary/aromatic N) is 1. The zero-order chi connectivity index (χ0) is 12.7. The average Bonchev–Trinajstić information content (AvgIpc) is 2.92. The Hall–Kier alpha value is -1.84. The second-order valence-corrected chi connectivity index (χ2v) is 4.85. The highest BCUT2D eigenvalue weighted by molar-refractivity contribution is 5.99. The van der Waals surface area contributed by atoms with Crippen LogP contribution in [0.15, 0.2) is 24.3 Å². The van der Waals surface area contributed by atoms with Crippen LogP contribution in [0.4, 0.5) is 0 Å². The molecule has 0 spiro atoms. The fraction of sp³-hybridized carbons (Fsp3) is 0.429. The molecule has 18 heavy (non-hydrogen) atoms. The Balaban J connectivity index is 1.88. The van der Waals surface area contributed by atoms with E-state index in [1.807, 2.05) is 24.3 Å². The molecule has 1 aromatic carbocycles. The van der Waals surface area contributed by atoms with E-state index in [0.717, 1.165) is 17.7 Å². The fourth-order valence-electron chi connectivity index (χ4n) is 3.02. The molecule has 2 atom stereocenters. The number of hydrogen-bond acceptors (Lipinski definition) is 3. The first-order valence-electron chi connectivity index (χ1n) is 6.19. The lowest BCUT2D eigenvalue weighted by molar-refractivity contribution is -0.140. The molecule has 2 saturated heterocycles. The van der Waals surface area contributed by atoms with E-state index < -0.39 is 0 Å². The Kier molecular flexibility index (Phi) is 2.58. The Labute approximate surface area is 106 Å². The Bertz CT molecular complexity index is 494. The van der Waals surface area contributed by atoms with Crippen molar-refractivity contribution in [3.63, 3.8) is 0 Å². The van der Waals surface area contributed by atoms with Crippen LogP contribution in [0.3, 0.4) is 0 Å². The van der Waals surface area contributed by atoms with Crippen LogP contribution in [0.2, 0.25) is 0 Å². The van der Waals surface area contributed by atoms with Crippen LogP contribution in [0.25, 0.3) is 0 Å². The smallest absolute Gasteiger partial charge is 0.230 e. The summed E-state index contributed by atoms with van der Waals surface area (Å²) in [5, 5.41) is 0. The number of imide groups is 1. The molecule has 2 aliphatic rings.